The van der Waals surface area contributed by atoms with E-state index in [1.807, 2.05) is 5.32 Å². The number of guanidine groups is 1. The van der Waals surface area contributed by atoms with Gasteiger partial charge in [0, 0.05) is 6.54 Å². The molecule has 33 heavy (non-hydrogen) atoms. The predicted octanol–water partition coefficient (Wildman–Crippen LogP) is -5.25. The molecule has 0 aromatic heterocycles. The van der Waals surface area contributed by atoms with Gasteiger partial charge in [-0.3, -0.25) is 24.2 Å². The first kappa shape index (κ1) is 29.5. The Hall–Kier alpha value is -3.50. The lowest BCUT2D eigenvalue weighted by Crippen LogP contribution is -2.58. The number of aliphatic hydroxyl groups is 2. The van der Waals surface area contributed by atoms with Crippen LogP contribution in [0.25, 0.3) is 0 Å². The molecule has 0 bridgehead atoms. The van der Waals surface area contributed by atoms with Crippen molar-refractivity contribution in [2.24, 2.45) is 22.2 Å². The van der Waals surface area contributed by atoms with Crippen LogP contribution in [0.3, 0.4) is 0 Å². The number of hydrogen-bond acceptors (Lipinski definition) is 9. The first-order chi connectivity index (χ1) is 15.3. The van der Waals surface area contributed by atoms with Crippen LogP contribution in [0.15, 0.2) is 4.99 Å². The van der Waals surface area contributed by atoms with Gasteiger partial charge < -0.3 is 53.6 Å². The van der Waals surface area contributed by atoms with Gasteiger partial charge in [-0.05, 0) is 19.8 Å². The fraction of sp³-hybridized carbons (Fsp3) is 0.647. The van der Waals surface area contributed by atoms with E-state index in [-0.39, 0.29) is 25.3 Å². The lowest BCUT2D eigenvalue weighted by Gasteiger charge is -2.25. The van der Waals surface area contributed by atoms with Crippen LogP contribution in [-0.4, -0.2) is 99.5 Å². The third-order valence-electron chi connectivity index (χ3n) is 4.17. The maximum atomic E-state index is 12.7. The van der Waals surface area contributed by atoms with E-state index in [2.05, 4.69) is 15.6 Å². The lowest BCUT2D eigenvalue weighted by molar-refractivity contribution is -0.146. The Labute approximate surface area is 188 Å². The summed E-state index contributed by atoms with van der Waals surface area (Å²) in [5, 5.41) is 43.0. The Morgan fingerprint density at radius 1 is 0.939 bits per heavy atom. The molecule has 0 aliphatic carbocycles. The fourth-order valence-electron chi connectivity index (χ4n) is 2.43. The van der Waals surface area contributed by atoms with E-state index in [1.54, 1.807) is 0 Å². The molecule has 0 fully saturated rings. The highest BCUT2D eigenvalue weighted by atomic mass is 16.4. The molecule has 16 heteroatoms. The Balaban J connectivity index is 5.54. The zero-order valence-electron chi connectivity index (χ0n) is 17.9. The molecule has 0 rings (SSSR count). The van der Waals surface area contributed by atoms with Crippen molar-refractivity contribution in [3.63, 3.8) is 0 Å². The molecule has 0 spiro atoms. The Morgan fingerprint density at radius 3 is 1.94 bits per heavy atom. The highest BCUT2D eigenvalue weighted by molar-refractivity contribution is 5.95. The zero-order valence-corrected chi connectivity index (χ0v) is 17.9. The van der Waals surface area contributed by atoms with Crippen molar-refractivity contribution in [3.05, 3.63) is 0 Å². The summed E-state index contributed by atoms with van der Waals surface area (Å²) in [5.41, 5.74) is 15.8. The highest BCUT2D eigenvalue weighted by Crippen LogP contribution is 2.03. The minimum absolute atomic E-state index is 0.0562. The molecule has 0 aromatic carbocycles. The maximum absolute atomic E-state index is 12.7. The molecular formula is C17H31N7O9. The number of amides is 3. The number of aliphatic carboxylic acids is 2. The first-order valence-corrected chi connectivity index (χ1v) is 9.75. The van der Waals surface area contributed by atoms with E-state index < -0.39 is 73.0 Å². The second-order valence-electron chi connectivity index (χ2n) is 7.02. The van der Waals surface area contributed by atoms with E-state index in [1.165, 1.54) is 0 Å². The number of hydrogen-bond donors (Lipinski definition) is 10. The molecule has 5 atom stereocenters. The van der Waals surface area contributed by atoms with Crippen molar-refractivity contribution in [1.29, 1.82) is 0 Å². The summed E-state index contributed by atoms with van der Waals surface area (Å²) >= 11 is 0. The van der Waals surface area contributed by atoms with Crippen LogP contribution in [0.4, 0.5) is 0 Å². The third-order valence-corrected chi connectivity index (χ3v) is 4.17. The predicted molar refractivity (Wildman–Crippen MR) is 112 cm³/mol. The summed E-state index contributed by atoms with van der Waals surface area (Å²) in [4.78, 5) is 63.2. The van der Waals surface area contributed by atoms with Crippen LogP contribution in [0, 0.1) is 0 Å². The number of carboxylic acid groups (broad SMARTS) is 2. The fourth-order valence-corrected chi connectivity index (χ4v) is 2.43. The van der Waals surface area contributed by atoms with E-state index in [9.17, 15) is 29.1 Å². The molecule has 0 saturated heterocycles. The quantitative estimate of drug-likeness (QED) is 0.0601. The molecule has 0 aliphatic rings. The summed E-state index contributed by atoms with van der Waals surface area (Å²) in [6.45, 7) is 0.465. The number of nitrogens with one attached hydrogen (secondary N) is 3. The number of carbonyl (C=O) groups excluding carboxylic acids is 3. The Morgan fingerprint density at radius 2 is 1.48 bits per heavy atom. The maximum Gasteiger partial charge on any atom is 0.328 e. The number of carboxylic acids is 2. The number of rotatable bonds is 15. The van der Waals surface area contributed by atoms with Gasteiger partial charge in [0.25, 0.3) is 0 Å². The summed E-state index contributed by atoms with van der Waals surface area (Å²) < 4.78 is 0. The molecule has 188 valence electrons. The number of nitrogens with two attached hydrogens (primary N) is 3. The smallest absolute Gasteiger partial charge is 0.328 e. The van der Waals surface area contributed by atoms with Crippen molar-refractivity contribution in [1.82, 2.24) is 16.0 Å². The Kier molecular flexibility index (Phi) is 13.0. The average molecular weight is 477 g/mol. The molecule has 13 N–H and O–H groups in total. The molecule has 5 unspecified atom stereocenters. The molecule has 3 amide bonds. The van der Waals surface area contributed by atoms with Crippen molar-refractivity contribution < 1.29 is 44.4 Å². The topological polar surface area (TPSA) is 293 Å². The van der Waals surface area contributed by atoms with Crippen LogP contribution < -0.4 is 33.2 Å². The number of nitrogens with zero attached hydrogens (tertiary/aromatic N) is 1. The minimum Gasteiger partial charge on any atom is -0.481 e. The molecule has 0 aliphatic heterocycles. The number of carbonyl (C=O) groups is 5. The standard InChI is InChI=1S/C17H31N7O9/c1-7(26)12(16(32)33)24-15(31)10(5-11(27)28)23-14(30)9(3-2-4-21-17(19)20)22-13(29)8(18)6-25/h7-10,12,25-26H,2-6,18H2,1H3,(H,22,29)(H,23,30)(H,24,31)(H,27,28)(H,32,33)(H4,19,20,21). The first-order valence-electron chi connectivity index (χ1n) is 9.75. The van der Waals surface area contributed by atoms with Crippen LogP contribution in [-0.2, 0) is 24.0 Å². The van der Waals surface area contributed by atoms with Crippen LogP contribution >= 0.6 is 0 Å². The summed E-state index contributed by atoms with van der Waals surface area (Å²) in [6.07, 6.45) is -2.31. The lowest BCUT2D eigenvalue weighted by atomic mass is 10.1. The van der Waals surface area contributed by atoms with Gasteiger partial charge in [0.1, 0.15) is 18.1 Å². The minimum atomic E-state index is -1.76. The van der Waals surface area contributed by atoms with E-state index in [0.717, 1.165) is 6.92 Å². The van der Waals surface area contributed by atoms with Gasteiger partial charge >= 0.3 is 11.9 Å². The third kappa shape index (κ3) is 11.6. The Bertz CT molecular complexity index is 740. The van der Waals surface area contributed by atoms with Gasteiger partial charge in [0.05, 0.1) is 19.1 Å². The highest BCUT2D eigenvalue weighted by Gasteiger charge is 2.32. The molecule has 0 saturated carbocycles. The van der Waals surface area contributed by atoms with Gasteiger partial charge in [-0.1, -0.05) is 0 Å². The summed E-state index contributed by atoms with van der Waals surface area (Å²) in [7, 11) is 0. The van der Waals surface area contributed by atoms with E-state index >= 15 is 0 Å². The number of aliphatic imine (C=N–C) groups is 1. The van der Waals surface area contributed by atoms with E-state index in [0.29, 0.717) is 0 Å². The van der Waals surface area contributed by atoms with Crippen molar-refractivity contribution in [2.75, 3.05) is 13.2 Å². The largest absolute Gasteiger partial charge is 0.481 e. The van der Waals surface area contributed by atoms with Crippen LogP contribution in [0.2, 0.25) is 0 Å². The van der Waals surface area contributed by atoms with Crippen LogP contribution in [0.5, 0.6) is 0 Å². The number of aliphatic hydroxyl groups excluding tert-OH is 2. The van der Waals surface area contributed by atoms with Gasteiger partial charge in [0.15, 0.2) is 12.0 Å². The van der Waals surface area contributed by atoms with Gasteiger partial charge in [0.2, 0.25) is 17.7 Å². The monoisotopic (exact) mass is 477 g/mol. The molecule has 0 heterocycles. The average Bonchev–Trinajstić information content (AvgIpc) is 2.71. The van der Waals surface area contributed by atoms with Crippen molar-refractivity contribution >= 4 is 35.6 Å². The molecule has 16 nitrogen and oxygen atoms in total. The van der Waals surface area contributed by atoms with E-state index in [4.69, 9.17) is 32.5 Å². The molecular weight excluding hydrogens is 446 g/mol. The second kappa shape index (κ2) is 14.5. The molecule has 0 aromatic rings. The summed E-state index contributed by atoms with van der Waals surface area (Å²) in [6, 6.07) is -6.17. The van der Waals surface area contributed by atoms with Gasteiger partial charge in [-0.25, -0.2) is 4.79 Å². The van der Waals surface area contributed by atoms with Gasteiger partial charge in [-0.2, -0.15) is 0 Å². The van der Waals surface area contributed by atoms with Gasteiger partial charge in [-0.15, -0.1) is 0 Å². The second-order valence-corrected chi connectivity index (χ2v) is 7.02. The SMILES string of the molecule is CC(O)C(NC(=O)C(CC(=O)O)NC(=O)C(CCCN=C(N)N)NC(=O)C(N)CO)C(=O)O. The normalized spacial score (nSPS) is 15.2. The van der Waals surface area contributed by atoms with Crippen molar-refractivity contribution in [2.45, 2.75) is 56.5 Å². The zero-order chi connectivity index (χ0) is 25.7. The summed E-state index contributed by atoms with van der Waals surface area (Å²) in [5.74, 6) is -6.33. The van der Waals surface area contributed by atoms with Crippen LogP contribution in [0.1, 0.15) is 26.2 Å². The molecule has 0 radical (unpaired) electrons. The van der Waals surface area contributed by atoms with Crippen molar-refractivity contribution in [3.8, 4) is 0 Å².